The molecular formula is C23H28N4O2S. The zero-order valence-electron chi connectivity index (χ0n) is 17.1. The molecule has 0 aliphatic carbocycles. The van der Waals surface area contributed by atoms with Gasteiger partial charge >= 0.3 is 0 Å². The monoisotopic (exact) mass is 424 g/mol. The van der Waals surface area contributed by atoms with E-state index in [1.807, 2.05) is 6.07 Å². The maximum Gasteiger partial charge on any atom is 0.243 e. The Bertz CT molecular complexity index is 1120. The summed E-state index contributed by atoms with van der Waals surface area (Å²) in [6, 6.07) is 15.7. The molecule has 3 aromatic rings. The standard InChI is InChI=1S/C23H28N4O2S/c28-30(29,20-8-9-21-22(14-20)25-18-24-21)27-13-5-11-23(17-27)10-4-12-26(16-23)15-19-6-2-1-3-7-19/h1-3,6-9,14,18H,4-5,10-13,15-17H2,(H,24,25). The minimum absolute atomic E-state index is 0.0520. The van der Waals surface area contributed by atoms with Crippen LogP contribution in [0.4, 0.5) is 0 Å². The number of hydrogen-bond donors (Lipinski definition) is 1. The molecule has 1 spiro atoms. The Morgan fingerprint density at radius 3 is 2.63 bits per heavy atom. The second-order valence-corrected chi connectivity index (χ2v) is 10.8. The molecule has 2 aliphatic heterocycles. The number of aromatic nitrogens is 2. The lowest BCUT2D eigenvalue weighted by atomic mass is 9.74. The van der Waals surface area contributed by atoms with E-state index in [-0.39, 0.29) is 5.41 Å². The van der Waals surface area contributed by atoms with Gasteiger partial charge in [-0.2, -0.15) is 4.31 Å². The number of likely N-dealkylation sites (tertiary alicyclic amines) is 1. The van der Waals surface area contributed by atoms with Gasteiger partial charge < -0.3 is 4.98 Å². The summed E-state index contributed by atoms with van der Waals surface area (Å²) in [6.07, 6.45) is 5.85. The van der Waals surface area contributed by atoms with Crippen LogP contribution < -0.4 is 0 Å². The SMILES string of the molecule is O=S(=O)(c1ccc2nc[nH]c2c1)N1CCCC2(CCCN(Cc3ccccc3)C2)C1. The first-order valence-corrected chi connectivity index (χ1v) is 12.2. The normalized spacial score (nSPS) is 23.9. The fourth-order valence-corrected chi connectivity index (χ4v) is 6.83. The third kappa shape index (κ3) is 3.77. The van der Waals surface area contributed by atoms with Gasteiger partial charge in [0.25, 0.3) is 0 Å². The molecule has 2 saturated heterocycles. The second-order valence-electron chi connectivity index (χ2n) is 8.82. The number of imidazole rings is 1. The molecule has 0 amide bonds. The largest absolute Gasteiger partial charge is 0.345 e. The topological polar surface area (TPSA) is 69.3 Å². The molecule has 2 aliphatic rings. The summed E-state index contributed by atoms with van der Waals surface area (Å²) >= 11 is 0. The zero-order valence-corrected chi connectivity index (χ0v) is 17.9. The Balaban J connectivity index is 1.35. The number of rotatable bonds is 4. The molecule has 1 N–H and O–H groups in total. The minimum atomic E-state index is -3.52. The average Bonchev–Trinajstić information content (AvgIpc) is 3.23. The summed E-state index contributed by atoms with van der Waals surface area (Å²) in [5.41, 5.74) is 2.92. The lowest BCUT2D eigenvalue weighted by molar-refractivity contribution is 0.0362. The predicted molar refractivity (Wildman–Crippen MR) is 117 cm³/mol. The van der Waals surface area contributed by atoms with Gasteiger partial charge in [-0.15, -0.1) is 0 Å². The van der Waals surface area contributed by atoms with E-state index in [1.54, 1.807) is 28.8 Å². The molecule has 158 valence electrons. The van der Waals surface area contributed by atoms with E-state index < -0.39 is 10.0 Å². The van der Waals surface area contributed by atoms with Gasteiger partial charge in [0.1, 0.15) is 0 Å². The molecule has 6 nitrogen and oxygen atoms in total. The predicted octanol–water partition coefficient (Wildman–Crippen LogP) is 3.63. The van der Waals surface area contributed by atoms with Crippen molar-refractivity contribution in [3.8, 4) is 0 Å². The maximum absolute atomic E-state index is 13.4. The van der Waals surface area contributed by atoms with Crippen LogP contribution in [-0.4, -0.2) is 53.8 Å². The van der Waals surface area contributed by atoms with Gasteiger partial charge in [-0.05, 0) is 61.4 Å². The van der Waals surface area contributed by atoms with Crippen molar-refractivity contribution in [2.24, 2.45) is 5.41 Å². The minimum Gasteiger partial charge on any atom is -0.345 e. The van der Waals surface area contributed by atoms with E-state index in [0.29, 0.717) is 18.0 Å². The molecule has 5 rings (SSSR count). The highest BCUT2D eigenvalue weighted by Crippen LogP contribution is 2.40. The first-order valence-electron chi connectivity index (χ1n) is 10.7. The van der Waals surface area contributed by atoms with Crippen molar-refractivity contribution in [2.75, 3.05) is 26.2 Å². The summed E-state index contributed by atoms with van der Waals surface area (Å²) in [5, 5.41) is 0. The Kier molecular flexibility index (Phi) is 5.13. The first kappa shape index (κ1) is 19.7. The summed E-state index contributed by atoms with van der Waals surface area (Å²) in [6.45, 7) is 4.20. The van der Waals surface area contributed by atoms with Crippen LogP contribution in [-0.2, 0) is 16.6 Å². The molecule has 3 heterocycles. The average molecular weight is 425 g/mol. The van der Waals surface area contributed by atoms with Crippen LogP contribution in [0.5, 0.6) is 0 Å². The fourth-order valence-electron chi connectivity index (χ4n) is 5.21. The quantitative estimate of drug-likeness (QED) is 0.694. The van der Waals surface area contributed by atoms with Crippen molar-refractivity contribution < 1.29 is 8.42 Å². The Hall–Kier alpha value is -2.22. The maximum atomic E-state index is 13.4. The van der Waals surface area contributed by atoms with Crippen LogP contribution >= 0.6 is 0 Å². The Morgan fingerprint density at radius 2 is 1.80 bits per heavy atom. The summed E-state index contributed by atoms with van der Waals surface area (Å²) < 4.78 is 28.6. The lowest BCUT2D eigenvalue weighted by Gasteiger charge is -2.48. The summed E-state index contributed by atoms with van der Waals surface area (Å²) in [4.78, 5) is 10.1. The van der Waals surface area contributed by atoms with Gasteiger partial charge in [-0.25, -0.2) is 13.4 Å². The van der Waals surface area contributed by atoms with Crippen LogP contribution in [0.3, 0.4) is 0 Å². The number of hydrogen-bond acceptors (Lipinski definition) is 4. The molecule has 7 heteroatoms. The van der Waals surface area contributed by atoms with E-state index in [4.69, 9.17) is 0 Å². The molecule has 1 atom stereocenters. The van der Waals surface area contributed by atoms with E-state index >= 15 is 0 Å². The fraction of sp³-hybridized carbons (Fsp3) is 0.435. The molecule has 0 radical (unpaired) electrons. The van der Waals surface area contributed by atoms with Crippen LogP contribution in [0.2, 0.25) is 0 Å². The van der Waals surface area contributed by atoms with Gasteiger partial charge in [-0.3, -0.25) is 4.90 Å². The lowest BCUT2D eigenvalue weighted by Crippen LogP contribution is -2.53. The number of sulfonamides is 1. The number of nitrogens with zero attached hydrogens (tertiary/aromatic N) is 3. The van der Waals surface area contributed by atoms with Gasteiger partial charge in [0, 0.05) is 26.2 Å². The number of benzene rings is 2. The van der Waals surface area contributed by atoms with Gasteiger partial charge in [0.15, 0.2) is 0 Å². The molecule has 2 aromatic carbocycles. The van der Waals surface area contributed by atoms with Crippen molar-refractivity contribution in [2.45, 2.75) is 37.1 Å². The van der Waals surface area contributed by atoms with Gasteiger partial charge in [0.05, 0.1) is 22.3 Å². The van der Waals surface area contributed by atoms with Crippen molar-refractivity contribution in [3.63, 3.8) is 0 Å². The molecule has 0 saturated carbocycles. The number of H-pyrrole nitrogens is 1. The van der Waals surface area contributed by atoms with Crippen molar-refractivity contribution >= 4 is 21.1 Å². The molecule has 30 heavy (non-hydrogen) atoms. The molecule has 0 bridgehead atoms. The van der Waals surface area contributed by atoms with Crippen molar-refractivity contribution in [3.05, 3.63) is 60.4 Å². The first-order chi connectivity index (χ1) is 14.5. The van der Waals surface area contributed by atoms with Crippen molar-refractivity contribution in [1.29, 1.82) is 0 Å². The van der Waals surface area contributed by atoms with Crippen LogP contribution in [0.15, 0.2) is 59.8 Å². The number of aromatic amines is 1. The van der Waals surface area contributed by atoms with E-state index in [1.165, 1.54) is 5.56 Å². The zero-order chi connectivity index (χ0) is 20.6. The van der Waals surface area contributed by atoms with E-state index in [2.05, 4.69) is 39.1 Å². The highest BCUT2D eigenvalue weighted by molar-refractivity contribution is 7.89. The smallest absolute Gasteiger partial charge is 0.243 e. The third-order valence-corrected chi connectivity index (χ3v) is 8.49. The van der Waals surface area contributed by atoms with Crippen LogP contribution in [0, 0.1) is 5.41 Å². The Morgan fingerprint density at radius 1 is 1.00 bits per heavy atom. The van der Waals surface area contributed by atoms with Gasteiger partial charge in [0.2, 0.25) is 10.0 Å². The van der Waals surface area contributed by atoms with Crippen LogP contribution in [0.1, 0.15) is 31.2 Å². The number of fused-ring (bicyclic) bond motifs is 1. The van der Waals surface area contributed by atoms with Crippen molar-refractivity contribution in [1.82, 2.24) is 19.2 Å². The number of piperidine rings is 2. The molecule has 1 aromatic heterocycles. The summed E-state index contributed by atoms with van der Waals surface area (Å²) in [5.74, 6) is 0. The molecule has 1 unspecified atom stereocenters. The van der Waals surface area contributed by atoms with E-state index in [0.717, 1.165) is 56.4 Å². The second kappa shape index (κ2) is 7.80. The molecule has 2 fully saturated rings. The van der Waals surface area contributed by atoms with Crippen LogP contribution in [0.25, 0.3) is 11.0 Å². The highest BCUT2D eigenvalue weighted by atomic mass is 32.2. The third-order valence-electron chi connectivity index (χ3n) is 6.65. The molecular weight excluding hydrogens is 396 g/mol. The highest BCUT2D eigenvalue weighted by Gasteiger charge is 2.42. The Labute approximate surface area is 178 Å². The van der Waals surface area contributed by atoms with E-state index in [9.17, 15) is 8.42 Å². The number of nitrogens with one attached hydrogen (secondary N) is 1. The van der Waals surface area contributed by atoms with Gasteiger partial charge in [-0.1, -0.05) is 30.3 Å². The summed E-state index contributed by atoms with van der Waals surface area (Å²) in [7, 11) is -3.52.